The Morgan fingerprint density at radius 2 is 2.00 bits per heavy atom. The lowest BCUT2D eigenvalue weighted by Crippen LogP contribution is -1.84. The molecule has 0 amide bonds. The van der Waals surface area contributed by atoms with E-state index >= 15 is 0 Å². The first-order chi connectivity index (χ1) is 6.33. The molecule has 71 valence electrons. The molecule has 0 aliphatic carbocycles. The van der Waals surface area contributed by atoms with Crippen molar-refractivity contribution in [3.8, 4) is 5.75 Å². The second-order valence-electron chi connectivity index (χ2n) is 3.33. The van der Waals surface area contributed by atoms with Gasteiger partial charge in [-0.15, -0.1) is 0 Å². The number of phenols is 1. The van der Waals surface area contributed by atoms with Crippen molar-refractivity contribution in [1.82, 2.24) is 0 Å². The molecule has 0 atom stereocenters. The minimum absolute atomic E-state index is 0.370. The van der Waals surface area contributed by atoms with Gasteiger partial charge in [0.05, 0.1) is 0 Å². The molecule has 0 saturated heterocycles. The maximum Gasteiger partial charge on any atom is 0.115 e. The molecule has 1 rings (SSSR count). The number of unbranched alkanes of at least 4 members (excludes halogenated alkanes) is 3. The third-order valence-electron chi connectivity index (χ3n) is 2.13. The molecule has 1 radical (unpaired) electrons. The van der Waals surface area contributed by atoms with Crippen molar-refractivity contribution in [1.29, 1.82) is 0 Å². The third kappa shape index (κ3) is 3.97. The van der Waals surface area contributed by atoms with Gasteiger partial charge in [0.1, 0.15) is 5.75 Å². The van der Waals surface area contributed by atoms with E-state index < -0.39 is 0 Å². The highest BCUT2D eigenvalue weighted by Crippen LogP contribution is 2.13. The van der Waals surface area contributed by atoms with E-state index in [1.54, 1.807) is 6.07 Å². The van der Waals surface area contributed by atoms with Gasteiger partial charge in [-0.3, -0.25) is 0 Å². The van der Waals surface area contributed by atoms with E-state index in [0.717, 1.165) is 12.8 Å². The molecule has 0 aliphatic rings. The first kappa shape index (κ1) is 10.1. The Balaban J connectivity index is 2.28. The van der Waals surface area contributed by atoms with Crippen molar-refractivity contribution in [3.63, 3.8) is 0 Å². The largest absolute Gasteiger partial charge is 0.508 e. The van der Waals surface area contributed by atoms with Gasteiger partial charge in [-0.25, -0.2) is 0 Å². The number of aromatic hydroxyl groups is 1. The van der Waals surface area contributed by atoms with Gasteiger partial charge in [-0.1, -0.05) is 38.3 Å². The average molecular weight is 177 g/mol. The highest BCUT2D eigenvalue weighted by molar-refractivity contribution is 5.27. The summed E-state index contributed by atoms with van der Waals surface area (Å²) in [6, 6.07) is 7.50. The van der Waals surface area contributed by atoms with Crippen LogP contribution in [0.2, 0.25) is 0 Å². The van der Waals surface area contributed by atoms with Gasteiger partial charge in [0.15, 0.2) is 0 Å². The molecule has 0 spiro atoms. The summed E-state index contributed by atoms with van der Waals surface area (Å²) >= 11 is 0. The quantitative estimate of drug-likeness (QED) is 0.684. The fraction of sp³-hybridized carbons (Fsp3) is 0.417. The summed E-state index contributed by atoms with van der Waals surface area (Å²) in [5.74, 6) is 0.370. The van der Waals surface area contributed by atoms with Crippen LogP contribution in [0.25, 0.3) is 0 Å². The van der Waals surface area contributed by atoms with Gasteiger partial charge in [-0.2, -0.15) is 0 Å². The molecular weight excluding hydrogens is 160 g/mol. The summed E-state index contributed by atoms with van der Waals surface area (Å²) in [6.45, 7) is 3.80. The molecule has 1 aromatic carbocycles. The Kier molecular flexibility index (Phi) is 4.37. The monoisotopic (exact) mass is 177 g/mol. The number of hydrogen-bond donors (Lipinski definition) is 1. The number of hydrogen-bond acceptors (Lipinski definition) is 1. The maximum atomic E-state index is 9.21. The summed E-state index contributed by atoms with van der Waals surface area (Å²) in [6.07, 6.45) is 5.73. The SMILES string of the molecule is [CH2]CCCCCc1cccc(O)c1. The smallest absolute Gasteiger partial charge is 0.115 e. The van der Waals surface area contributed by atoms with Gasteiger partial charge in [0.2, 0.25) is 0 Å². The Labute approximate surface area is 80.4 Å². The van der Waals surface area contributed by atoms with E-state index in [-0.39, 0.29) is 0 Å². The molecule has 1 aromatic rings. The topological polar surface area (TPSA) is 20.2 Å². The fourth-order valence-electron chi connectivity index (χ4n) is 1.39. The van der Waals surface area contributed by atoms with Crippen LogP contribution in [0, 0.1) is 6.92 Å². The molecule has 1 nitrogen and oxygen atoms in total. The van der Waals surface area contributed by atoms with Crippen molar-refractivity contribution >= 4 is 0 Å². The Bertz CT molecular complexity index is 243. The molecule has 0 bridgehead atoms. The first-order valence-electron chi connectivity index (χ1n) is 4.90. The predicted octanol–water partition coefficient (Wildman–Crippen LogP) is 3.33. The average Bonchev–Trinajstić information content (AvgIpc) is 2.13. The van der Waals surface area contributed by atoms with Crippen LogP contribution in [0.4, 0.5) is 0 Å². The summed E-state index contributed by atoms with van der Waals surface area (Å²) in [7, 11) is 0. The third-order valence-corrected chi connectivity index (χ3v) is 2.13. The summed E-state index contributed by atoms with van der Waals surface area (Å²) in [4.78, 5) is 0. The number of phenolic OH excluding ortho intramolecular Hbond substituents is 1. The van der Waals surface area contributed by atoms with Crippen molar-refractivity contribution in [3.05, 3.63) is 36.8 Å². The molecule has 0 aromatic heterocycles. The summed E-state index contributed by atoms with van der Waals surface area (Å²) in [5, 5.41) is 9.21. The lowest BCUT2D eigenvalue weighted by atomic mass is 10.1. The van der Waals surface area contributed by atoms with E-state index in [1.807, 2.05) is 12.1 Å². The van der Waals surface area contributed by atoms with Crippen LogP contribution in [0.5, 0.6) is 5.75 Å². The van der Waals surface area contributed by atoms with Crippen molar-refractivity contribution in [2.75, 3.05) is 0 Å². The molecule has 13 heavy (non-hydrogen) atoms. The Morgan fingerprint density at radius 1 is 1.15 bits per heavy atom. The zero-order valence-corrected chi connectivity index (χ0v) is 8.00. The highest BCUT2D eigenvalue weighted by atomic mass is 16.3. The van der Waals surface area contributed by atoms with Crippen molar-refractivity contribution in [2.24, 2.45) is 0 Å². The van der Waals surface area contributed by atoms with Crippen molar-refractivity contribution < 1.29 is 5.11 Å². The molecule has 0 aliphatic heterocycles. The zero-order chi connectivity index (χ0) is 9.52. The second kappa shape index (κ2) is 5.63. The van der Waals surface area contributed by atoms with Crippen LogP contribution < -0.4 is 0 Å². The fourth-order valence-corrected chi connectivity index (χ4v) is 1.39. The Morgan fingerprint density at radius 3 is 2.69 bits per heavy atom. The standard InChI is InChI=1S/C12H17O/c1-2-3-4-5-7-11-8-6-9-12(13)10-11/h6,8-10,13H,1-5,7H2. The maximum absolute atomic E-state index is 9.21. The zero-order valence-electron chi connectivity index (χ0n) is 8.00. The molecule has 0 heterocycles. The first-order valence-corrected chi connectivity index (χ1v) is 4.90. The van der Waals surface area contributed by atoms with Crippen LogP contribution in [0.3, 0.4) is 0 Å². The van der Waals surface area contributed by atoms with Crippen LogP contribution in [0.15, 0.2) is 24.3 Å². The Hall–Kier alpha value is -0.980. The molecule has 0 fully saturated rings. The minimum Gasteiger partial charge on any atom is -0.508 e. The van der Waals surface area contributed by atoms with Gasteiger partial charge in [-0.05, 0) is 30.5 Å². The lowest BCUT2D eigenvalue weighted by Gasteiger charge is -2.01. The number of aryl methyl sites for hydroxylation is 1. The minimum atomic E-state index is 0.370. The van der Waals surface area contributed by atoms with Crippen molar-refractivity contribution in [2.45, 2.75) is 32.1 Å². The molecular formula is C12H17O. The number of benzene rings is 1. The number of rotatable bonds is 5. The summed E-state index contributed by atoms with van der Waals surface area (Å²) in [5.41, 5.74) is 1.23. The van der Waals surface area contributed by atoms with Gasteiger partial charge < -0.3 is 5.11 Å². The normalized spacial score (nSPS) is 10.2. The van der Waals surface area contributed by atoms with E-state index in [9.17, 15) is 5.11 Å². The predicted molar refractivity (Wildman–Crippen MR) is 55.6 cm³/mol. The van der Waals surface area contributed by atoms with E-state index in [1.165, 1.54) is 24.8 Å². The molecule has 0 unspecified atom stereocenters. The van der Waals surface area contributed by atoms with Crippen LogP contribution in [0.1, 0.15) is 31.2 Å². The summed E-state index contributed by atoms with van der Waals surface area (Å²) < 4.78 is 0. The molecule has 1 N–H and O–H groups in total. The van der Waals surface area contributed by atoms with Crippen LogP contribution in [-0.2, 0) is 6.42 Å². The molecule has 1 heteroatoms. The van der Waals surface area contributed by atoms with Gasteiger partial charge in [0, 0.05) is 0 Å². The lowest BCUT2D eigenvalue weighted by molar-refractivity contribution is 0.474. The highest BCUT2D eigenvalue weighted by Gasteiger charge is 1.94. The van der Waals surface area contributed by atoms with E-state index in [0.29, 0.717) is 5.75 Å². The van der Waals surface area contributed by atoms with E-state index in [4.69, 9.17) is 0 Å². The van der Waals surface area contributed by atoms with Gasteiger partial charge >= 0.3 is 0 Å². The molecule has 0 saturated carbocycles. The van der Waals surface area contributed by atoms with E-state index in [2.05, 4.69) is 13.0 Å². The van der Waals surface area contributed by atoms with Crippen LogP contribution >= 0.6 is 0 Å². The van der Waals surface area contributed by atoms with Gasteiger partial charge in [0.25, 0.3) is 0 Å². The van der Waals surface area contributed by atoms with Crippen LogP contribution in [-0.4, -0.2) is 5.11 Å². The second-order valence-corrected chi connectivity index (χ2v) is 3.33.